The molecule has 208 valence electrons. The molecule has 1 aliphatic heterocycles. The number of nitrogens with zero attached hydrogens (tertiary/aromatic N) is 3. The molecule has 5 N–H and O–H groups in total. The summed E-state index contributed by atoms with van der Waals surface area (Å²) in [6, 6.07) is 14.9. The quantitative estimate of drug-likeness (QED) is 0.202. The Hall–Kier alpha value is -4.90. The molecule has 0 bridgehead atoms. The monoisotopic (exact) mass is 557 g/mol. The third-order valence-electron chi connectivity index (χ3n) is 7.12. The lowest BCUT2D eigenvalue weighted by atomic mass is 9.99. The normalized spacial score (nSPS) is 13.8. The Bertz CT molecular complexity index is 1840. The maximum Gasteiger partial charge on any atom is 0.416 e. The molecule has 0 unspecified atom stereocenters. The van der Waals surface area contributed by atoms with E-state index in [2.05, 4.69) is 27.0 Å². The molecule has 3 aromatic carbocycles. The Morgan fingerprint density at radius 1 is 1.05 bits per heavy atom. The first-order chi connectivity index (χ1) is 19.7. The number of alkyl halides is 3. The molecule has 11 heteroatoms. The average molecular weight is 558 g/mol. The molecule has 2 aromatic heterocycles. The SMILES string of the molecule is Cc1nc(-c2ccc(NC(=O)Nc3cccc(C(F)(F)F)c3)c3ccccc23)c2c(N)ncc(C3=CCNCC3)n12. The largest absolute Gasteiger partial charge is 0.416 e. The summed E-state index contributed by atoms with van der Waals surface area (Å²) in [6.45, 7) is 3.58. The summed E-state index contributed by atoms with van der Waals surface area (Å²) in [5.74, 6) is 1.12. The van der Waals surface area contributed by atoms with Gasteiger partial charge in [0.15, 0.2) is 0 Å². The van der Waals surface area contributed by atoms with Crippen molar-refractivity contribution in [2.75, 3.05) is 29.5 Å². The van der Waals surface area contributed by atoms with Crippen LogP contribution in [0.25, 0.3) is 33.1 Å². The Morgan fingerprint density at radius 2 is 1.85 bits per heavy atom. The fraction of sp³-hybridized carbons (Fsp3) is 0.167. The van der Waals surface area contributed by atoms with Crippen molar-refractivity contribution in [3.8, 4) is 11.3 Å². The van der Waals surface area contributed by atoms with Crippen molar-refractivity contribution >= 4 is 45.1 Å². The Kier molecular flexibility index (Phi) is 6.58. The molecule has 8 nitrogen and oxygen atoms in total. The number of halogens is 3. The molecule has 1 aliphatic rings. The third-order valence-corrected chi connectivity index (χ3v) is 7.12. The minimum Gasteiger partial charge on any atom is -0.382 e. The number of hydrogen-bond donors (Lipinski definition) is 4. The molecule has 41 heavy (non-hydrogen) atoms. The van der Waals surface area contributed by atoms with Gasteiger partial charge in [-0.2, -0.15) is 13.2 Å². The molecule has 0 atom stereocenters. The molecule has 2 amide bonds. The molecular formula is C30H26F3N7O. The summed E-state index contributed by atoms with van der Waals surface area (Å²) < 4.78 is 41.3. The zero-order chi connectivity index (χ0) is 28.7. The summed E-state index contributed by atoms with van der Waals surface area (Å²) in [4.78, 5) is 22.2. The summed E-state index contributed by atoms with van der Waals surface area (Å²) in [7, 11) is 0. The predicted octanol–water partition coefficient (Wildman–Crippen LogP) is 6.48. The Labute approximate surface area is 233 Å². The van der Waals surface area contributed by atoms with E-state index in [4.69, 9.17) is 10.7 Å². The van der Waals surface area contributed by atoms with Gasteiger partial charge in [0.05, 0.1) is 23.1 Å². The topological polar surface area (TPSA) is 109 Å². The number of amides is 2. The number of aromatic nitrogens is 3. The first kappa shape index (κ1) is 26.3. The van der Waals surface area contributed by atoms with Crippen LogP contribution in [0, 0.1) is 6.92 Å². The minimum absolute atomic E-state index is 0.0286. The number of carbonyl (C=O) groups excluding carboxylic acids is 1. The molecular weight excluding hydrogens is 531 g/mol. The van der Waals surface area contributed by atoms with Crippen molar-refractivity contribution < 1.29 is 18.0 Å². The first-order valence-electron chi connectivity index (χ1n) is 13.0. The van der Waals surface area contributed by atoms with E-state index in [0.717, 1.165) is 59.5 Å². The number of benzene rings is 3. The van der Waals surface area contributed by atoms with E-state index in [9.17, 15) is 18.0 Å². The van der Waals surface area contributed by atoms with Gasteiger partial charge in [-0.15, -0.1) is 0 Å². The highest BCUT2D eigenvalue weighted by Crippen LogP contribution is 2.38. The summed E-state index contributed by atoms with van der Waals surface area (Å²) in [5, 5.41) is 10.1. The van der Waals surface area contributed by atoms with Crippen LogP contribution in [-0.2, 0) is 6.18 Å². The van der Waals surface area contributed by atoms with E-state index in [1.807, 2.05) is 41.7 Å². The number of carbonyl (C=O) groups is 1. The number of fused-ring (bicyclic) bond motifs is 2. The van der Waals surface area contributed by atoms with Gasteiger partial charge in [0.2, 0.25) is 0 Å². The fourth-order valence-electron chi connectivity index (χ4n) is 5.25. The second kappa shape index (κ2) is 10.3. The Morgan fingerprint density at radius 3 is 2.61 bits per heavy atom. The van der Waals surface area contributed by atoms with Gasteiger partial charge in [-0.05, 0) is 55.1 Å². The maximum absolute atomic E-state index is 13.1. The van der Waals surface area contributed by atoms with Crippen molar-refractivity contribution in [2.45, 2.75) is 19.5 Å². The fourth-order valence-corrected chi connectivity index (χ4v) is 5.25. The van der Waals surface area contributed by atoms with Crippen molar-refractivity contribution in [1.82, 2.24) is 19.7 Å². The summed E-state index contributed by atoms with van der Waals surface area (Å²) in [6.07, 6.45) is 0.279. The lowest BCUT2D eigenvalue weighted by molar-refractivity contribution is -0.137. The van der Waals surface area contributed by atoms with Gasteiger partial charge in [-0.3, -0.25) is 4.40 Å². The number of nitrogens with one attached hydrogen (secondary N) is 3. The van der Waals surface area contributed by atoms with E-state index in [-0.39, 0.29) is 5.69 Å². The Balaban J connectivity index is 1.38. The maximum atomic E-state index is 13.1. The number of nitrogens with two attached hydrogens (primary N) is 1. The number of hydrogen-bond acceptors (Lipinski definition) is 5. The van der Waals surface area contributed by atoms with Crippen LogP contribution in [0.4, 0.5) is 35.2 Å². The molecule has 5 aromatic rings. The van der Waals surface area contributed by atoms with Gasteiger partial charge in [0, 0.05) is 23.2 Å². The van der Waals surface area contributed by atoms with Gasteiger partial charge in [0.25, 0.3) is 0 Å². The molecule has 0 saturated carbocycles. The van der Waals surface area contributed by atoms with Crippen LogP contribution in [0.1, 0.15) is 23.5 Å². The molecule has 0 saturated heterocycles. The van der Waals surface area contributed by atoms with E-state index in [1.165, 1.54) is 17.7 Å². The van der Waals surface area contributed by atoms with Crippen molar-refractivity contribution in [3.05, 3.63) is 90.0 Å². The van der Waals surface area contributed by atoms with Gasteiger partial charge in [-0.1, -0.05) is 42.5 Å². The van der Waals surface area contributed by atoms with Crippen molar-refractivity contribution in [2.24, 2.45) is 0 Å². The standard InChI is InChI=1S/C30H26F3N7O/c1-17-37-26(27-28(34)36-16-25(40(17)27)18-11-13-35-14-12-18)23-9-10-24(22-8-3-2-7-21(22)23)39-29(41)38-20-6-4-5-19(15-20)30(31,32)33/h2-11,15-16,35H,12-14H2,1H3,(H2,34,36)(H2,38,39,41). The molecule has 6 rings (SSSR count). The van der Waals surface area contributed by atoms with Gasteiger partial charge >= 0.3 is 12.2 Å². The number of rotatable bonds is 4. The van der Waals surface area contributed by atoms with Crippen LogP contribution in [0.3, 0.4) is 0 Å². The molecule has 0 fully saturated rings. The number of anilines is 3. The average Bonchev–Trinajstić information content (AvgIpc) is 3.31. The number of aryl methyl sites for hydroxylation is 1. The van der Waals surface area contributed by atoms with E-state index in [1.54, 1.807) is 12.3 Å². The van der Waals surface area contributed by atoms with Gasteiger partial charge in [-0.25, -0.2) is 14.8 Å². The lowest BCUT2D eigenvalue weighted by Crippen LogP contribution is -2.21. The van der Waals surface area contributed by atoms with Gasteiger partial charge in [0.1, 0.15) is 22.9 Å². The smallest absolute Gasteiger partial charge is 0.382 e. The highest BCUT2D eigenvalue weighted by molar-refractivity contribution is 6.11. The van der Waals surface area contributed by atoms with E-state index >= 15 is 0 Å². The molecule has 0 radical (unpaired) electrons. The predicted molar refractivity (Wildman–Crippen MR) is 155 cm³/mol. The summed E-state index contributed by atoms with van der Waals surface area (Å²) >= 11 is 0. The first-order valence-corrected chi connectivity index (χ1v) is 13.0. The van der Waals surface area contributed by atoms with Crippen LogP contribution >= 0.6 is 0 Å². The van der Waals surface area contributed by atoms with Crippen LogP contribution < -0.4 is 21.7 Å². The van der Waals surface area contributed by atoms with Crippen LogP contribution in [0.2, 0.25) is 0 Å². The van der Waals surface area contributed by atoms with Gasteiger partial charge < -0.3 is 21.7 Å². The molecule has 0 aliphatic carbocycles. The summed E-state index contributed by atoms with van der Waals surface area (Å²) in [5.41, 5.74) is 10.4. The highest BCUT2D eigenvalue weighted by atomic mass is 19.4. The van der Waals surface area contributed by atoms with Crippen molar-refractivity contribution in [3.63, 3.8) is 0 Å². The number of nitrogen functional groups attached to an aromatic ring is 1. The number of urea groups is 1. The van der Waals surface area contributed by atoms with Crippen LogP contribution in [0.5, 0.6) is 0 Å². The zero-order valence-electron chi connectivity index (χ0n) is 22.0. The van der Waals surface area contributed by atoms with Crippen LogP contribution in [-0.4, -0.2) is 33.5 Å². The molecule has 0 spiro atoms. The second-order valence-corrected chi connectivity index (χ2v) is 9.77. The highest BCUT2D eigenvalue weighted by Gasteiger charge is 2.30. The van der Waals surface area contributed by atoms with Crippen LogP contribution in [0.15, 0.2) is 72.9 Å². The third kappa shape index (κ3) is 4.95. The van der Waals surface area contributed by atoms with Crippen molar-refractivity contribution in [1.29, 1.82) is 0 Å². The van der Waals surface area contributed by atoms with E-state index in [0.29, 0.717) is 22.7 Å². The van der Waals surface area contributed by atoms with E-state index < -0.39 is 17.8 Å². The number of imidazole rings is 1. The minimum atomic E-state index is -4.51. The lowest BCUT2D eigenvalue weighted by Gasteiger charge is -2.17. The second-order valence-electron chi connectivity index (χ2n) is 9.77. The zero-order valence-corrected chi connectivity index (χ0v) is 22.0. The molecule has 3 heterocycles.